The first kappa shape index (κ1) is 16.9. The van der Waals surface area contributed by atoms with Crippen LogP contribution in [-0.2, 0) is 4.74 Å². The molecule has 1 aliphatic heterocycles. The molecule has 1 saturated heterocycles. The molecule has 19 heavy (non-hydrogen) atoms. The highest BCUT2D eigenvalue weighted by Crippen LogP contribution is 2.32. The Morgan fingerprint density at radius 3 is 2.37 bits per heavy atom. The first-order chi connectivity index (χ1) is 8.95. The SMILES string of the molecule is CN(CCCC(CCN)C(C)(C)C)C1CCOCC1. The Hall–Kier alpha value is -0.120. The summed E-state index contributed by atoms with van der Waals surface area (Å²) in [6, 6.07) is 0.733. The topological polar surface area (TPSA) is 38.5 Å². The fraction of sp³-hybridized carbons (Fsp3) is 1.00. The fourth-order valence-corrected chi connectivity index (χ4v) is 3.11. The third-order valence-electron chi connectivity index (χ3n) is 4.62. The van der Waals surface area contributed by atoms with Crippen LogP contribution in [0.4, 0.5) is 0 Å². The summed E-state index contributed by atoms with van der Waals surface area (Å²) in [5, 5.41) is 0. The Morgan fingerprint density at radius 2 is 1.84 bits per heavy atom. The molecule has 0 bridgehead atoms. The molecule has 0 aromatic rings. The lowest BCUT2D eigenvalue weighted by molar-refractivity contribution is 0.0416. The van der Waals surface area contributed by atoms with E-state index in [0.29, 0.717) is 5.41 Å². The molecule has 3 nitrogen and oxygen atoms in total. The Bertz CT molecular complexity index is 231. The molecule has 1 fully saturated rings. The zero-order valence-electron chi connectivity index (χ0n) is 13.5. The smallest absolute Gasteiger partial charge is 0.0480 e. The van der Waals surface area contributed by atoms with E-state index in [1.807, 2.05) is 0 Å². The van der Waals surface area contributed by atoms with Gasteiger partial charge in [0.05, 0.1) is 0 Å². The van der Waals surface area contributed by atoms with Gasteiger partial charge in [0.25, 0.3) is 0 Å². The monoisotopic (exact) mass is 270 g/mol. The van der Waals surface area contributed by atoms with Gasteiger partial charge in [0.2, 0.25) is 0 Å². The van der Waals surface area contributed by atoms with Crippen molar-refractivity contribution in [2.45, 2.75) is 58.9 Å². The highest BCUT2D eigenvalue weighted by molar-refractivity contribution is 4.76. The highest BCUT2D eigenvalue weighted by Gasteiger charge is 2.24. The van der Waals surface area contributed by atoms with Crippen LogP contribution in [0.25, 0.3) is 0 Å². The zero-order valence-corrected chi connectivity index (χ0v) is 13.5. The van der Waals surface area contributed by atoms with Crippen LogP contribution < -0.4 is 5.73 Å². The number of hydrogen-bond acceptors (Lipinski definition) is 3. The summed E-state index contributed by atoms with van der Waals surface area (Å²) < 4.78 is 5.43. The van der Waals surface area contributed by atoms with E-state index in [1.165, 1.54) is 32.2 Å². The Kier molecular flexibility index (Phi) is 7.33. The van der Waals surface area contributed by atoms with E-state index >= 15 is 0 Å². The first-order valence-corrected chi connectivity index (χ1v) is 7.93. The first-order valence-electron chi connectivity index (χ1n) is 7.93. The van der Waals surface area contributed by atoms with Crippen molar-refractivity contribution < 1.29 is 4.74 Å². The van der Waals surface area contributed by atoms with Crippen LogP contribution in [0.1, 0.15) is 52.9 Å². The molecule has 114 valence electrons. The molecule has 1 atom stereocenters. The second-order valence-electron chi connectivity index (χ2n) is 7.11. The van der Waals surface area contributed by atoms with E-state index in [9.17, 15) is 0 Å². The van der Waals surface area contributed by atoms with Gasteiger partial charge in [-0.15, -0.1) is 0 Å². The molecule has 1 rings (SSSR count). The van der Waals surface area contributed by atoms with Crippen LogP contribution in [0, 0.1) is 11.3 Å². The molecule has 1 unspecified atom stereocenters. The van der Waals surface area contributed by atoms with Gasteiger partial charge >= 0.3 is 0 Å². The van der Waals surface area contributed by atoms with Gasteiger partial charge in [-0.2, -0.15) is 0 Å². The van der Waals surface area contributed by atoms with Crippen LogP contribution in [0.15, 0.2) is 0 Å². The van der Waals surface area contributed by atoms with Crippen molar-refractivity contribution in [3.63, 3.8) is 0 Å². The van der Waals surface area contributed by atoms with Gasteiger partial charge in [-0.05, 0) is 63.6 Å². The summed E-state index contributed by atoms with van der Waals surface area (Å²) in [5.74, 6) is 0.751. The van der Waals surface area contributed by atoms with E-state index in [0.717, 1.165) is 38.1 Å². The van der Waals surface area contributed by atoms with Crippen LogP contribution in [0.3, 0.4) is 0 Å². The van der Waals surface area contributed by atoms with Crippen molar-refractivity contribution in [2.75, 3.05) is 33.4 Å². The van der Waals surface area contributed by atoms with E-state index in [2.05, 4.69) is 32.7 Å². The number of ether oxygens (including phenoxy) is 1. The molecule has 1 aliphatic rings. The van der Waals surface area contributed by atoms with Gasteiger partial charge in [0.1, 0.15) is 0 Å². The van der Waals surface area contributed by atoms with Gasteiger partial charge < -0.3 is 15.4 Å². The van der Waals surface area contributed by atoms with Gasteiger partial charge in [-0.25, -0.2) is 0 Å². The van der Waals surface area contributed by atoms with Crippen molar-refractivity contribution in [1.29, 1.82) is 0 Å². The maximum Gasteiger partial charge on any atom is 0.0480 e. The van der Waals surface area contributed by atoms with Crippen molar-refractivity contribution in [2.24, 2.45) is 17.1 Å². The molecule has 0 aromatic heterocycles. The van der Waals surface area contributed by atoms with Gasteiger partial charge in [-0.3, -0.25) is 0 Å². The van der Waals surface area contributed by atoms with E-state index < -0.39 is 0 Å². The zero-order chi connectivity index (χ0) is 14.3. The molecule has 0 aromatic carbocycles. The predicted octanol–water partition coefficient (Wildman–Crippen LogP) is 2.89. The third kappa shape index (κ3) is 6.24. The highest BCUT2D eigenvalue weighted by atomic mass is 16.5. The number of rotatable bonds is 7. The van der Waals surface area contributed by atoms with Crippen molar-refractivity contribution in [3.8, 4) is 0 Å². The van der Waals surface area contributed by atoms with Crippen LogP contribution in [0.2, 0.25) is 0 Å². The van der Waals surface area contributed by atoms with Crippen molar-refractivity contribution in [3.05, 3.63) is 0 Å². The molecule has 0 saturated carbocycles. The second kappa shape index (κ2) is 8.23. The van der Waals surface area contributed by atoms with Gasteiger partial charge in [0.15, 0.2) is 0 Å². The maximum atomic E-state index is 5.75. The van der Waals surface area contributed by atoms with E-state index in [1.54, 1.807) is 0 Å². The average Bonchev–Trinajstić information content (AvgIpc) is 2.37. The molecule has 0 spiro atoms. The lowest BCUT2D eigenvalue weighted by Gasteiger charge is -2.33. The minimum absolute atomic E-state index is 0.386. The summed E-state index contributed by atoms with van der Waals surface area (Å²) >= 11 is 0. The van der Waals surface area contributed by atoms with Crippen molar-refractivity contribution >= 4 is 0 Å². The Balaban J connectivity index is 2.26. The minimum atomic E-state index is 0.386. The summed E-state index contributed by atoms with van der Waals surface area (Å²) in [5.41, 5.74) is 6.14. The predicted molar refractivity (Wildman–Crippen MR) is 82.3 cm³/mol. The second-order valence-corrected chi connectivity index (χ2v) is 7.11. The van der Waals surface area contributed by atoms with Gasteiger partial charge in [0, 0.05) is 19.3 Å². The average molecular weight is 270 g/mol. The molecule has 0 aliphatic carbocycles. The molecule has 0 radical (unpaired) electrons. The van der Waals surface area contributed by atoms with E-state index in [4.69, 9.17) is 10.5 Å². The standard InChI is InChI=1S/C16H34N2O/c1-16(2,3)14(7-10-17)6-5-11-18(4)15-8-12-19-13-9-15/h14-15H,5-13,17H2,1-4H3. The van der Waals surface area contributed by atoms with E-state index in [-0.39, 0.29) is 0 Å². The van der Waals surface area contributed by atoms with Gasteiger partial charge in [-0.1, -0.05) is 20.8 Å². The fourth-order valence-electron chi connectivity index (χ4n) is 3.11. The van der Waals surface area contributed by atoms with Crippen molar-refractivity contribution in [1.82, 2.24) is 4.90 Å². The summed E-state index contributed by atoms with van der Waals surface area (Å²) in [6.07, 6.45) is 6.14. The molecule has 0 amide bonds. The minimum Gasteiger partial charge on any atom is -0.381 e. The normalized spacial score (nSPS) is 19.9. The third-order valence-corrected chi connectivity index (χ3v) is 4.62. The molecular formula is C16H34N2O. The largest absolute Gasteiger partial charge is 0.381 e. The van der Waals surface area contributed by atoms with Crippen LogP contribution in [0.5, 0.6) is 0 Å². The molecule has 3 heteroatoms. The summed E-state index contributed by atoms with van der Waals surface area (Å²) in [7, 11) is 2.27. The quantitative estimate of drug-likeness (QED) is 0.773. The molecule has 1 heterocycles. The molecule has 2 N–H and O–H groups in total. The number of nitrogens with zero attached hydrogens (tertiary/aromatic N) is 1. The Labute approximate surface area is 119 Å². The summed E-state index contributed by atoms with van der Waals surface area (Å²) in [4.78, 5) is 2.53. The lowest BCUT2D eigenvalue weighted by atomic mass is 9.76. The molecular weight excluding hydrogens is 236 g/mol. The summed E-state index contributed by atoms with van der Waals surface area (Å²) in [6.45, 7) is 10.9. The maximum absolute atomic E-state index is 5.75. The number of hydrogen-bond donors (Lipinski definition) is 1. The van der Waals surface area contributed by atoms with Crippen LogP contribution in [-0.4, -0.2) is 44.3 Å². The lowest BCUT2D eigenvalue weighted by Crippen LogP contribution is -2.37. The van der Waals surface area contributed by atoms with Crippen LogP contribution >= 0.6 is 0 Å². The Morgan fingerprint density at radius 1 is 1.21 bits per heavy atom. The number of nitrogens with two attached hydrogens (primary N) is 1.